The largest absolute Gasteiger partial charge is 0.326 e. The molecule has 5 nitrogen and oxygen atoms in total. The third-order valence-electron chi connectivity index (χ3n) is 4.37. The molecule has 3 amide bonds. The first-order chi connectivity index (χ1) is 12.8. The molecule has 2 aromatic rings. The Balaban J connectivity index is 2.02. The third-order valence-corrected chi connectivity index (χ3v) is 5.47. The van der Waals surface area contributed by atoms with Gasteiger partial charge in [0.05, 0.1) is 11.6 Å². The van der Waals surface area contributed by atoms with E-state index in [-0.39, 0.29) is 11.9 Å². The van der Waals surface area contributed by atoms with Gasteiger partial charge in [-0.05, 0) is 48.9 Å². The van der Waals surface area contributed by atoms with Gasteiger partial charge in [-0.3, -0.25) is 4.79 Å². The predicted molar refractivity (Wildman–Crippen MR) is 111 cm³/mol. The normalized spacial score (nSPS) is 17.0. The number of hydrogen-bond acceptors (Lipinski definition) is 2. The molecule has 27 heavy (non-hydrogen) atoms. The Morgan fingerprint density at radius 1 is 1.19 bits per heavy atom. The van der Waals surface area contributed by atoms with Crippen LogP contribution in [0.25, 0.3) is 0 Å². The quantitative estimate of drug-likeness (QED) is 0.636. The van der Waals surface area contributed by atoms with Crippen molar-refractivity contribution in [2.45, 2.75) is 13.0 Å². The van der Waals surface area contributed by atoms with Crippen LogP contribution in [-0.2, 0) is 4.79 Å². The predicted octanol–water partition coefficient (Wildman–Crippen LogP) is 5.36. The third kappa shape index (κ3) is 4.13. The monoisotopic (exact) mass is 467 g/mol. The van der Waals surface area contributed by atoms with Gasteiger partial charge >= 0.3 is 6.03 Å². The lowest BCUT2D eigenvalue weighted by Gasteiger charge is -2.34. The molecule has 140 valence electrons. The summed E-state index contributed by atoms with van der Waals surface area (Å²) in [4.78, 5) is 26.8. The van der Waals surface area contributed by atoms with Gasteiger partial charge in [0.2, 0.25) is 0 Å². The summed E-state index contributed by atoms with van der Waals surface area (Å²) in [5, 5.41) is 6.55. The molecule has 0 aromatic heterocycles. The molecule has 0 aliphatic carbocycles. The molecule has 2 N–H and O–H groups in total. The van der Waals surface area contributed by atoms with Crippen molar-refractivity contribution in [1.82, 2.24) is 10.2 Å². The average molecular weight is 469 g/mol. The molecule has 8 heteroatoms. The summed E-state index contributed by atoms with van der Waals surface area (Å²) in [7, 11) is 1.61. The van der Waals surface area contributed by atoms with E-state index in [0.29, 0.717) is 32.6 Å². The topological polar surface area (TPSA) is 61.4 Å². The lowest BCUT2D eigenvalue weighted by atomic mass is 9.94. The SMILES string of the molecule is CC1=C(C(=O)Nc2ccc(Br)cc2)[C@@H](c2ccc(Cl)cc2Cl)NC(=O)N1C. The Labute approximate surface area is 175 Å². The number of rotatable bonds is 3. The standard InChI is InChI=1S/C19H16BrCl2N3O2/c1-10-16(18(26)23-13-6-3-11(20)4-7-13)17(24-19(27)25(10)2)14-8-5-12(21)9-15(14)22/h3-9,17H,1-2H3,(H,23,26)(H,24,27)/t17-/m1/s1. The van der Waals surface area contributed by atoms with Crippen molar-refractivity contribution in [3.63, 3.8) is 0 Å². The van der Waals surface area contributed by atoms with Crippen molar-refractivity contribution < 1.29 is 9.59 Å². The summed E-state index contributed by atoms with van der Waals surface area (Å²) in [6.07, 6.45) is 0. The van der Waals surface area contributed by atoms with Crippen molar-refractivity contribution >= 4 is 56.8 Å². The summed E-state index contributed by atoms with van der Waals surface area (Å²) < 4.78 is 0.909. The van der Waals surface area contributed by atoms with Gasteiger partial charge in [0.15, 0.2) is 0 Å². The highest BCUT2D eigenvalue weighted by Gasteiger charge is 2.35. The van der Waals surface area contributed by atoms with Crippen LogP contribution in [0.1, 0.15) is 18.5 Å². The van der Waals surface area contributed by atoms with Gasteiger partial charge in [-0.2, -0.15) is 0 Å². The molecular formula is C19H16BrCl2N3O2. The lowest BCUT2D eigenvalue weighted by molar-refractivity contribution is -0.113. The molecule has 1 aliphatic heterocycles. The zero-order valence-corrected chi connectivity index (χ0v) is 17.6. The second-order valence-electron chi connectivity index (χ2n) is 6.07. The van der Waals surface area contributed by atoms with Crippen LogP contribution in [0.3, 0.4) is 0 Å². The summed E-state index contributed by atoms with van der Waals surface area (Å²) in [5.74, 6) is -0.322. The second-order valence-corrected chi connectivity index (χ2v) is 7.83. The molecule has 1 atom stereocenters. The fraction of sp³-hybridized carbons (Fsp3) is 0.158. The first-order valence-corrected chi connectivity index (χ1v) is 9.59. The van der Waals surface area contributed by atoms with Crippen molar-refractivity contribution in [1.29, 1.82) is 0 Å². The van der Waals surface area contributed by atoms with E-state index in [1.807, 2.05) is 12.1 Å². The van der Waals surface area contributed by atoms with E-state index in [4.69, 9.17) is 23.2 Å². The summed E-state index contributed by atoms with van der Waals surface area (Å²) in [6, 6.07) is 11.2. The zero-order valence-electron chi connectivity index (χ0n) is 14.5. The van der Waals surface area contributed by atoms with Gasteiger partial charge in [-0.25, -0.2) is 4.79 Å². The second kappa shape index (κ2) is 7.92. The minimum atomic E-state index is -0.686. The van der Waals surface area contributed by atoms with Crippen molar-refractivity contribution in [2.75, 3.05) is 12.4 Å². The van der Waals surface area contributed by atoms with E-state index < -0.39 is 6.04 Å². The Hall–Kier alpha value is -2.02. The number of anilines is 1. The van der Waals surface area contributed by atoms with Gasteiger partial charge in [0, 0.05) is 33.0 Å². The zero-order chi connectivity index (χ0) is 19.7. The number of halogens is 3. The number of carbonyl (C=O) groups excluding carboxylic acids is 2. The molecule has 1 heterocycles. The fourth-order valence-corrected chi connectivity index (χ4v) is 3.61. The molecule has 3 rings (SSSR count). The Kier molecular flexibility index (Phi) is 5.79. The molecule has 0 spiro atoms. The maximum absolute atomic E-state index is 13.0. The first-order valence-electron chi connectivity index (χ1n) is 8.05. The number of urea groups is 1. The van der Waals surface area contributed by atoms with Gasteiger partial charge in [0.1, 0.15) is 0 Å². The van der Waals surface area contributed by atoms with Crippen LogP contribution in [-0.4, -0.2) is 23.9 Å². The van der Waals surface area contributed by atoms with Crippen LogP contribution in [0.4, 0.5) is 10.5 Å². The van der Waals surface area contributed by atoms with Crippen LogP contribution >= 0.6 is 39.1 Å². The molecule has 0 fully saturated rings. The van der Waals surface area contributed by atoms with Crippen LogP contribution in [0, 0.1) is 0 Å². The molecule has 0 radical (unpaired) electrons. The highest BCUT2D eigenvalue weighted by Crippen LogP contribution is 2.35. The Bertz CT molecular complexity index is 944. The van der Waals surface area contributed by atoms with Gasteiger partial charge in [0.25, 0.3) is 5.91 Å². The number of carbonyl (C=O) groups is 2. The minimum absolute atomic E-state index is 0.316. The highest BCUT2D eigenvalue weighted by molar-refractivity contribution is 9.10. The van der Waals surface area contributed by atoms with E-state index in [0.717, 1.165) is 4.47 Å². The van der Waals surface area contributed by atoms with E-state index in [1.54, 1.807) is 44.3 Å². The average Bonchev–Trinajstić information content (AvgIpc) is 2.61. The molecule has 2 aromatic carbocycles. The lowest BCUT2D eigenvalue weighted by Crippen LogP contribution is -2.46. The van der Waals surface area contributed by atoms with E-state index in [2.05, 4.69) is 26.6 Å². The molecule has 0 saturated heterocycles. The first kappa shape index (κ1) is 19.7. The Morgan fingerprint density at radius 2 is 1.85 bits per heavy atom. The van der Waals surface area contributed by atoms with Crippen molar-refractivity contribution in [3.05, 3.63) is 73.8 Å². The van der Waals surface area contributed by atoms with Gasteiger partial charge < -0.3 is 15.5 Å². The maximum atomic E-state index is 13.0. The number of allylic oxidation sites excluding steroid dienone is 1. The highest BCUT2D eigenvalue weighted by atomic mass is 79.9. The molecule has 0 bridgehead atoms. The van der Waals surface area contributed by atoms with Crippen LogP contribution in [0.2, 0.25) is 10.0 Å². The number of amides is 3. The fourth-order valence-electron chi connectivity index (χ4n) is 2.83. The summed E-state index contributed by atoms with van der Waals surface area (Å²) >= 11 is 15.7. The maximum Gasteiger partial charge on any atom is 0.322 e. The van der Waals surface area contributed by atoms with E-state index in [9.17, 15) is 9.59 Å². The molecule has 0 unspecified atom stereocenters. The van der Waals surface area contributed by atoms with Crippen molar-refractivity contribution in [2.24, 2.45) is 0 Å². The van der Waals surface area contributed by atoms with Crippen LogP contribution in [0.15, 0.2) is 58.2 Å². The van der Waals surface area contributed by atoms with Gasteiger partial charge in [-0.15, -0.1) is 0 Å². The number of benzene rings is 2. The minimum Gasteiger partial charge on any atom is -0.326 e. The van der Waals surface area contributed by atoms with Gasteiger partial charge in [-0.1, -0.05) is 45.2 Å². The summed E-state index contributed by atoms with van der Waals surface area (Å²) in [6.45, 7) is 1.73. The molecular weight excluding hydrogens is 453 g/mol. The number of nitrogens with one attached hydrogen (secondary N) is 2. The molecule has 1 aliphatic rings. The Morgan fingerprint density at radius 3 is 2.48 bits per heavy atom. The van der Waals surface area contributed by atoms with Crippen LogP contribution < -0.4 is 10.6 Å². The summed E-state index contributed by atoms with van der Waals surface area (Å²) in [5.41, 5.74) is 2.19. The van der Waals surface area contributed by atoms with Crippen molar-refractivity contribution in [3.8, 4) is 0 Å². The van der Waals surface area contributed by atoms with E-state index in [1.165, 1.54) is 4.90 Å². The number of hydrogen-bond donors (Lipinski definition) is 2. The molecule has 0 saturated carbocycles. The van der Waals surface area contributed by atoms with Crippen LogP contribution in [0.5, 0.6) is 0 Å². The van der Waals surface area contributed by atoms with E-state index >= 15 is 0 Å². The smallest absolute Gasteiger partial charge is 0.322 e. The number of nitrogens with zero attached hydrogens (tertiary/aromatic N) is 1.